The molecule has 1 aromatic rings. The lowest BCUT2D eigenvalue weighted by molar-refractivity contribution is 0.200. The Morgan fingerprint density at radius 1 is 1.29 bits per heavy atom. The van der Waals surface area contributed by atoms with Crippen LogP contribution in [-0.2, 0) is 4.74 Å². The minimum atomic E-state index is -0.359. The Morgan fingerprint density at radius 3 is 2.41 bits per heavy atom. The summed E-state index contributed by atoms with van der Waals surface area (Å²) in [5.41, 5.74) is 1.73. The Morgan fingerprint density at radius 2 is 1.94 bits per heavy atom. The molecule has 0 saturated carbocycles. The summed E-state index contributed by atoms with van der Waals surface area (Å²) < 4.78 is 4.65. The second kappa shape index (κ2) is 6.00. The fraction of sp³-hybridized carbons (Fsp3) is 0.583. The lowest BCUT2D eigenvalue weighted by Gasteiger charge is -2.12. The van der Waals surface area contributed by atoms with Crippen molar-refractivity contribution in [3.05, 3.63) is 17.6 Å². The van der Waals surface area contributed by atoms with Crippen LogP contribution in [0.4, 0.5) is 4.79 Å². The number of thioether (sulfide) groups is 1. The molecule has 5 heteroatoms. The predicted molar refractivity (Wildman–Crippen MR) is 68.5 cm³/mol. The summed E-state index contributed by atoms with van der Waals surface area (Å²) >= 11 is 0.995. The van der Waals surface area contributed by atoms with Crippen LogP contribution in [0.25, 0.3) is 0 Å². The molecular weight excluding hydrogens is 236 g/mol. The highest BCUT2D eigenvalue weighted by Crippen LogP contribution is 2.27. The number of hydrogen-bond acceptors (Lipinski definition) is 5. The summed E-state index contributed by atoms with van der Waals surface area (Å²) in [6, 6.07) is 0. The van der Waals surface area contributed by atoms with Crippen molar-refractivity contribution < 1.29 is 9.53 Å². The highest BCUT2D eigenvalue weighted by atomic mass is 32.2. The standard InChI is InChI=1S/C12H18N2O2S/c1-7(2)9-6-13-10(8(3)4)11(14-9)17-12(15)16-5/h6-8H,1-5H3. The van der Waals surface area contributed by atoms with Crippen LogP contribution in [-0.4, -0.2) is 22.4 Å². The molecule has 0 atom stereocenters. The van der Waals surface area contributed by atoms with E-state index in [9.17, 15) is 4.79 Å². The van der Waals surface area contributed by atoms with E-state index in [-0.39, 0.29) is 11.2 Å². The third kappa shape index (κ3) is 3.70. The van der Waals surface area contributed by atoms with E-state index >= 15 is 0 Å². The molecule has 0 spiro atoms. The normalized spacial score (nSPS) is 11.0. The minimum absolute atomic E-state index is 0.232. The first-order valence-electron chi connectivity index (χ1n) is 5.58. The van der Waals surface area contributed by atoms with Gasteiger partial charge in [0, 0.05) is 18.0 Å². The van der Waals surface area contributed by atoms with Crippen LogP contribution in [0, 0.1) is 0 Å². The number of carbonyl (C=O) groups is 1. The van der Waals surface area contributed by atoms with Gasteiger partial charge >= 0.3 is 5.30 Å². The first kappa shape index (κ1) is 14.0. The maximum atomic E-state index is 11.3. The lowest BCUT2D eigenvalue weighted by atomic mass is 10.1. The first-order valence-corrected chi connectivity index (χ1v) is 6.40. The minimum Gasteiger partial charge on any atom is -0.461 e. The second-order valence-electron chi connectivity index (χ2n) is 4.35. The zero-order valence-electron chi connectivity index (χ0n) is 10.9. The van der Waals surface area contributed by atoms with Crippen molar-refractivity contribution in [3.63, 3.8) is 0 Å². The molecule has 0 aromatic carbocycles. The number of rotatable bonds is 3. The average molecular weight is 254 g/mol. The lowest BCUT2D eigenvalue weighted by Crippen LogP contribution is -2.05. The van der Waals surface area contributed by atoms with Crippen molar-refractivity contribution in [1.82, 2.24) is 9.97 Å². The van der Waals surface area contributed by atoms with E-state index in [1.54, 1.807) is 6.20 Å². The number of carbonyl (C=O) groups excluding carboxylic acids is 1. The van der Waals surface area contributed by atoms with Crippen LogP contribution < -0.4 is 0 Å². The molecule has 1 heterocycles. The van der Waals surface area contributed by atoms with Crippen LogP contribution >= 0.6 is 11.8 Å². The number of ether oxygens (including phenoxy) is 1. The summed E-state index contributed by atoms with van der Waals surface area (Å²) in [6.45, 7) is 8.15. The number of methoxy groups -OCH3 is 1. The SMILES string of the molecule is COC(=O)Sc1nc(C(C)C)cnc1C(C)C. The van der Waals surface area contributed by atoms with Crippen molar-refractivity contribution in [2.24, 2.45) is 0 Å². The largest absolute Gasteiger partial charge is 0.461 e. The second-order valence-corrected chi connectivity index (χ2v) is 5.28. The van der Waals surface area contributed by atoms with Crippen molar-refractivity contribution in [3.8, 4) is 0 Å². The van der Waals surface area contributed by atoms with Crippen LogP contribution in [0.2, 0.25) is 0 Å². The van der Waals surface area contributed by atoms with E-state index in [1.165, 1.54) is 7.11 Å². The molecule has 0 saturated heterocycles. The van der Waals surface area contributed by atoms with Crippen molar-refractivity contribution in [1.29, 1.82) is 0 Å². The molecule has 1 aromatic heterocycles. The van der Waals surface area contributed by atoms with E-state index in [4.69, 9.17) is 0 Å². The molecule has 4 nitrogen and oxygen atoms in total. The zero-order chi connectivity index (χ0) is 13.0. The Kier molecular flexibility index (Phi) is 4.93. The zero-order valence-corrected chi connectivity index (χ0v) is 11.7. The number of nitrogens with zero attached hydrogens (tertiary/aromatic N) is 2. The van der Waals surface area contributed by atoms with Crippen LogP contribution in [0.5, 0.6) is 0 Å². The molecule has 1 rings (SSSR count). The number of hydrogen-bond donors (Lipinski definition) is 0. The monoisotopic (exact) mass is 254 g/mol. The Balaban J connectivity index is 3.11. The average Bonchev–Trinajstić information content (AvgIpc) is 2.28. The maximum Gasteiger partial charge on any atom is 0.373 e. The topological polar surface area (TPSA) is 52.1 Å². The third-order valence-electron chi connectivity index (χ3n) is 2.27. The van der Waals surface area contributed by atoms with Gasteiger partial charge in [-0.2, -0.15) is 0 Å². The van der Waals surface area contributed by atoms with Crippen LogP contribution in [0.15, 0.2) is 11.2 Å². The molecule has 0 radical (unpaired) electrons. The predicted octanol–water partition coefficient (Wildman–Crippen LogP) is 3.58. The van der Waals surface area contributed by atoms with Gasteiger partial charge in [0.05, 0.1) is 18.5 Å². The molecular formula is C12H18N2O2S. The van der Waals surface area contributed by atoms with Crippen molar-refractivity contribution in [2.75, 3.05) is 7.11 Å². The third-order valence-corrected chi connectivity index (χ3v) is 3.10. The van der Waals surface area contributed by atoms with E-state index in [2.05, 4.69) is 14.7 Å². The van der Waals surface area contributed by atoms with E-state index < -0.39 is 0 Å². The van der Waals surface area contributed by atoms with Gasteiger partial charge in [0.15, 0.2) is 0 Å². The van der Waals surface area contributed by atoms with Crippen molar-refractivity contribution >= 4 is 17.1 Å². The van der Waals surface area contributed by atoms with E-state index in [0.717, 1.165) is 23.1 Å². The molecule has 0 aliphatic heterocycles. The molecule has 94 valence electrons. The maximum absolute atomic E-state index is 11.3. The van der Waals surface area contributed by atoms with Gasteiger partial charge in [0.25, 0.3) is 0 Å². The van der Waals surface area contributed by atoms with Gasteiger partial charge in [0.1, 0.15) is 5.03 Å². The Hall–Kier alpha value is -1.10. The quantitative estimate of drug-likeness (QED) is 0.609. The molecule has 0 fully saturated rings. The Labute approximate surface area is 106 Å². The fourth-order valence-corrected chi connectivity index (χ4v) is 2.05. The van der Waals surface area contributed by atoms with E-state index in [0.29, 0.717) is 10.9 Å². The van der Waals surface area contributed by atoms with Crippen molar-refractivity contribution in [2.45, 2.75) is 44.6 Å². The molecule has 0 unspecified atom stereocenters. The van der Waals surface area contributed by atoms with Crippen LogP contribution in [0.3, 0.4) is 0 Å². The van der Waals surface area contributed by atoms with Gasteiger partial charge in [0.2, 0.25) is 0 Å². The van der Waals surface area contributed by atoms with Gasteiger partial charge in [-0.15, -0.1) is 0 Å². The van der Waals surface area contributed by atoms with Gasteiger partial charge in [-0.1, -0.05) is 27.7 Å². The summed E-state index contributed by atoms with van der Waals surface area (Å²) in [6.07, 6.45) is 1.78. The summed E-state index contributed by atoms with van der Waals surface area (Å²) in [7, 11) is 1.37. The van der Waals surface area contributed by atoms with Gasteiger partial charge in [-0.05, 0) is 11.8 Å². The van der Waals surface area contributed by atoms with Crippen LogP contribution in [0.1, 0.15) is 50.9 Å². The molecule has 0 aliphatic carbocycles. The summed E-state index contributed by atoms with van der Waals surface area (Å²) in [5.74, 6) is 0.525. The number of aromatic nitrogens is 2. The molecule has 0 aliphatic rings. The van der Waals surface area contributed by atoms with E-state index in [1.807, 2.05) is 27.7 Å². The molecule has 0 bridgehead atoms. The summed E-state index contributed by atoms with van der Waals surface area (Å²) in [4.78, 5) is 20.2. The van der Waals surface area contributed by atoms with Gasteiger partial charge < -0.3 is 4.74 Å². The first-order chi connectivity index (χ1) is 7.95. The smallest absolute Gasteiger partial charge is 0.373 e. The Bertz CT molecular complexity index is 405. The molecule has 0 amide bonds. The summed E-state index contributed by atoms with van der Waals surface area (Å²) in [5, 5.41) is 0.292. The van der Waals surface area contributed by atoms with Gasteiger partial charge in [-0.3, -0.25) is 4.98 Å². The molecule has 17 heavy (non-hydrogen) atoms. The highest BCUT2D eigenvalue weighted by molar-refractivity contribution is 8.13. The molecule has 0 N–H and O–H groups in total. The fourth-order valence-electron chi connectivity index (χ4n) is 1.26. The highest BCUT2D eigenvalue weighted by Gasteiger charge is 2.16. The van der Waals surface area contributed by atoms with Gasteiger partial charge in [-0.25, -0.2) is 9.78 Å².